The number of hydrogen-bond donors (Lipinski definition) is 1. The van der Waals surface area contributed by atoms with Gasteiger partial charge < -0.3 is 14.8 Å². The minimum absolute atomic E-state index is 0.00665. The third kappa shape index (κ3) is 5.68. The minimum Gasteiger partial charge on any atom is -0.493 e. The second-order valence-corrected chi connectivity index (χ2v) is 9.29. The average molecular weight is 402 g/mol. The van der Waals surface area contributed by atoms with Gasteiger partial charge in [0, 0.05) is 4.90 Å². The lowest BCUT2D eigenvalue weighted by Gasteiger charge is -2.21. The van der Waals surface area contributed by atoms with Crippen molar-refractivity contribution in [2.24, 2.45) is 0 Å². The lowest BCUT2D eigenvalue weighted by atomic mass is 9.86. The summed E-state index contributed by atoms with van der Waals surface area (Å²) in [6, 6.07) is 14.1. The third-order valence-electron chi connectivity index (χ3n) is 4.67. The van der Waals surface area contributed by atoms with Gasteiger partial charge in [-0.2, -0.15) is 0 Å². The monoisotopic (exact) mass is 401 g/mol. The number of carbonyl (C=O) groups is 1. The van der Waals surface area contributed by atoms with E-state index in [-0.39, 0.29) is 22.6 Å². The van der Waals surface area contributed by atoms with Crippen molar-refractivity contribution in [2.75, 3.05) is 14.2 Å². The summed E-state index contributed by atoms with van der Waals surface area (Å²) < 4.78 is 10.6. The quantitative estimate of drug-likeness (QED) is 0.635. The highest BCUT2D eigenvalue weighted by molar-refractivity contribution is 8.00. The predicted octanol–water partition coefficient (Wildman–Crippen LogP) is 5.36. The Kier molecular flexibility index (Phi) is 7.41. The summed E-state index contributed by atoms with van der Waals surface area (Å²) in [6.07, 6.45) is 0. The first-order valence-electron chi connectivity index (χ1n) is 9.45. The fraction of sp³-hybridized carbons (Fsp3) is 0.435. The molecule has 2 unspecified atom stereocenters. The van der Waals surface area contributed by atoms with Crippen molar-refractivity contribution < 1.29 is 14.3 Å². The maximum absolute atomic E-state index is 12.6. The number of amides is 1. The van der Waals surface area contributed by atoms with Crippen LogP contribution in [0.5, 0.6) is 11.5 Å². The zero-order valence-corrected chi connectivity index (χ0v) is 18.6. The van der Waals surface area contributed by atoms with Gasteiger partial charge in [-0.25, -0.2) is 0 Å². The zero-order chi connectivity index (χ0) is 20.9. The molecular weight excluding hydrogens is 370 g/mol. The van der Waals surface area contributed by atoms with Crippen LogP contribution < -0.4 is 14.8 Å². The largest absolute Gasteiger partial charge is 0.493 e. The van der Waals surface area contributed by atoms with Gasteiger partial charge >= 0.3 is 0 Å². The minimum atomic E-state index is -0.227. The number of thioether (sulfide) groups is 1. The van der Waals surface area contributed by atoms with Crippen LogP contribution in [-0.2, 0) is 10.2 Å². The first kappa shape index (κ1) is 22.2. The molecule has 1 amide bonds. The van der Waals surface area contributed by atoms with Crippen molar-refractivity contribution >= 4 is 17.7 Å². The lowest BCUT2D eigenvalue weighted by Crippen LogP contribution is -2.33. The van der Waals surface area contributed by atoms with Gasteiger partial charge in [-0.3, -0.25) is 4.79 Å². The first-order chi connectivity index (χ1) is 13.2. The Morgan fingerprint density at radius 2 is 1.57 bits per heavy atom. The van der Waals surface area contributed by atoms with Gasteiger partial charge in [0.15, 0.2) is 11.5 Å². The standard InChI is InChI=1S/C23H31NO3S/c1-15(17-8-10-18(11-9-17)23(3,4)5)24-22(25)16(2)28-19-12-13-20(26-6)21(14-19)27-7/h8-16H,1-7H3,(H,24,25). The van der Waals surface area contributed by atoms with Crippen molar-refractivity contribution in [1.82, 2.24) is 5.32 Å². The molecule has 28 heavy (non-hydrogen) atoms. The SMILES string of the molecule is COc1ccc(SC(C)C(=O)NC(C)c2ccc(C(C)(C)C)cc2)cc1OC. The van der Waals surface area contributed by atoms with E-state index in [0.717, 1.165) is 10.5 Å². The molecule has 0 spiro atoms. The molecule has 2 aromatic carbocycles. The fourth-order valence-corrected chi connectivity index (χ4v) is 3.74. The number of nitrogens with one attached hydrogen (secondary N) is 1. The molecule has 0 heterocycles. The molecule has 0 aliphatic heterocycles. The van der Waals surface area contributed by atoms with E-state index in [4.69, 9.17) is 9.47 Å². The topological polar surface area (TPSA) is 47.6 Å². The lowest BCUT2D eigenvalue weighted by molar-refractivity contribution is -0.120. The molecule has 5 heteroatoms. The molecule has 0 radical (unpaired) electrons. The summed E-state index contributed by atoms with van der Waals surface area (Å²) >= 11 is 1.50. The van der Waals surface area contributed by atoms with E-state index in [0.29, 0.717) is 11.5 Å². The van der Waals surface area contributed by atoms with Gasteiger partial charge in [0.1, 0.15) is 0 Å². The Bertz CT molecular complexity index is 796. The Morgan fingerprint density at radius 1 is 0.964 bits per heavy atom. The van der Waals surface area contributed by atoms with Gasteiger partial charge in [-0.05, 0) is 48.6 Å². The number of carbonyl (C=O) groups excluding carboxylic acids is 1. The highest BCUT2D eigenvalue weighted by Gasteiger charge is 2.19. The van der Waals surface area contributed by atoms with E-state index in [9.17, 15) is 4.79 Å². The van der Waals surface area contributed by atoms with Crippen LogP contribution in [-0.4, -0.2) is 25.4 Å². The molecule has 0 saturated heterocycles. The fourth-order valence-electron chi connectivity index (χ4n) is 2.83. The molecule has 0 aliphatic rings. The number of rotatable bonds is 7. The van der Waals surface area contributed by atoms with Gasteiger partial charge in [0.05, 0.1) is 25.5 Å². The van der Waals surface area contributed by atoms with Crippen LogP contribution in [0.2, 0.25) is 0 Å². The van der Waals surface area contributed by atoms with Crippen LogP contribution in [0.25, 0.3) is 0 Å². The van der Waals surface area contributed by atoms with E-state index in [1.54, 1.807) is 14.2 Å². The molecule has 0 aliphatic carbocycles. The molecule has 0 bridgehead atoms. The summed E-state index contributed by atoms with van der Waals surface area (Å²) in [5.41, 5.74) is 2.51. The molecule has 4 nitrogen and oxygen atoms in total. The molecule has 2 rings (SSSR count). The summed E-state index contributed by atoms with van der Waals surface area (Å²) in [7, 11) is 3.21. The average Bonchev–Trinajstić information content (AvgIpc) is 2.67. The normalized spacial score (nSPS) is 13.5. The predicted molar refractivity (Wildman–Crippen MR) is 117 cm³/mol. The van der Waals surface area contributed by atoms with E-state index in [1.165, 1.54) is 17.3 Å². The number of benzene rings is 2. The summed E-state index contributed by atoms with van der Waals surface area (Å²) in [5, 5.41) is 2.88. The Morgan fingerprint density at radius 3 is 2.11 bits per heavy atom. The summed E-state index contributed by atoms with van der Waals surface area (Å²) in [4.78, 5) is 13.6. The number of ether oxygens (including phenoxy) is 2. The maximum atomic E-state index is 12.6. The highest BCUT2D eigenvalue weighted by Crippen LogP contribution is 2.33. The van der Waals surface area contributed by atoms with Crippen LogP contribution in [0.3, 0.4) is 0 Å². The van der Waals surface area contributed by atoms with Crippen molar-refractivity contribution in [3.8, 4) is 11.5 Å². The second-order valence-electron chi connectivity index (χ2n) is 7.88. The van der Waals surface area contributed by atoms with Gasteiger partial charge in [0.25, 0.3) is 0 Å². The molecule has 0 fully saturated rings. The van der Waals surface area contributed by atoms with Crippen molar-refractivity contribution in [1.29, 1.82) is 0 Å². The second kappa shape index (κ2) is 9.37. The molecule has 0 aromatic heterocycles. The van der Waals surface area contributed by atoms with Crippen molar-refractivity contribution in [3.63, 3.8) is 0 Å². The van der Waals surface area contributed by atoms with Crippen LogP contribution in [0, 0.1) is 0 Å². The highest BCUT2D eigenvalue weighted by atomic mass is 32.2. The van der Waals surface area contributed by atoms with Gasteiger partial charge in [0.2, 0.25) is 5.91 Å². The summed E-state index contributed by atoms with van der Waals surface area (Å²) in [5.74, 6) is 1.34. The molecular formula is C23H31NO3S. The van der Waals surface area contributed by atoms with E-state index in [2.05, 4.69) is 50.4 Å². The van der Waals surface area contributed by atoms with Crippen LogP contribution in [0.4, 0.5) is 0 Å². The van der Waals surface area contributed by atoms with E-state index >= 15 is 0 Å². The first-order valence-corrected chi connectivity index (χ1v) is 10.3. The van der Waals surface area contributed by atoms with Gasteiger partial charge in [-0.15, -0.1) is 11.8 Å². The van der Waals surface area contributed by atoms with E-state index < -0.39 is 0 Å². The van der Waals surface area contributed by atoms with Crippen molar-refractivity contribution in [3.05, 3.63) is 53.6 Å². The van der Waals surface area contributed by atoms with Crippen LogP contribution in [0.15, 0.2) is 47.4 Å². The summed E-state index contributed by atoms with van der Waals surface area (Å²) in [6.45, 7) is 10.5. The van der Waals surface area contributed by atoms with Crippen LogP contribution >= 0.6 is 11.8 Å². The molecule has 2 atom stereocenters. The molecule has 2 aromatic rings. The molecule has 1 N–H and O–H groups in total. The smallest absolute Gasteiger partial charge is 0.233 e. The zero-order valence-electron chi connectivity index (χ0n) is 17.8. The molecule has 0 saturated carbocycles. The maximum Gasteiger partial charge on any atom is 0.233 e. The Balaban J connectivity index is 2.00. The van der Waals surface area contributed by atoms with Crippen LogP contribution in [0.1, 0.15) is 51.8 Å². The van der Waals surface area contributed by atoms with Crippen molar-refractivity contribution in [2.45, 2.75) is 56.2 Å². The third-order valence-corrected chi connectivity index (χ3v) is 5.77. The molecule has 152 valence electrons. The van der Waals surface area contributed by atoms with Gasteiger partial charge in [-0.1, -0.05) is 45.0 Å². The Labute approximate surface area is 173 Å². The number of methoxy groups -OCH3 is 2. The van der Waals surface area contributed by atoms with E-state index in [1.807, 2.05) is 32.0 Å². The Hall–Kier alpha value is -2.14. The number of hydrogen-bond acceptors (Lipinski definition) is 4.